The minimum atomic E-state index is -0.272. The highest BCUT2D eigenvalue weighted by Gasteiger charge is 2.26. The van der Waals surface area contributed by atoms with Gasteiger partial charge in [-0.15, -0.1) is 11.3 Å². The van der Waals surface area contributed by atoms with Crippen molar-refractivity contribution in [2.75, 3.05) is 32.2 Å². The van der Waals surface area contributed by atoms with E-state index in [2.05, 4.69) is 0 Å². The van der Waals surface area contributed by atoms with Gasteiger partial charge in [-0.3, -0.25) is 0 Å². The average molecular weight is 410 g/mol. The van der Waals surface area contributed by atoms with E-state index in [-0.39, 0.29) is 11.0 Å². The van der Waals surface area contributed by atoms with E-state index in [1.54, 1.807) is 23.5 Å². The molecule has 0 saturated heterocycles. The second-order valence-corrected chi connectivity index (χ2v) is 8.85. The Hall–Kier alpha value is -3.16. The molecule has 2 aliphatic heterocycles. The van der Waals surface area contributed by atoms with Gasteiger partial charge in [-0.1, -0.05) is 20.8 Å². The summed E-state index contributed by atoms with van der Waals surface area (Å²) in [4.78, 5) is 2.92. The van der Waals surface area contributed by atoms with Gasteiger partial charge in [-0.05, 0) is 24.3 Å². The van der Waals surface area contributed by atoms with Gasteiger partial charge in [0, 0.05) is 25.1 Å². The number of nitrogens with zero attached hydrogens (tertiary/aromatic N) is 3. The molecule has 0 aliphatic carbocycles. The molecule has 0 bridgehead atoms. The Morgan fingerprint density at radius 3 is 2.31 bits per heavy atom. The van der Waals surface area contributed by atoms with Crippen LogP contribution in [0.2, 0.25) is 0 Å². The lowest BCUT2D eigenvalue weighted by atomic mass is 9.90. The van der Waals surface area contributed by atoms with E-state index in [9.17, 15) is 10.5 Å². The van der Waals surface area contributed by atoms with E-state index in [4.69, 9.17) is 14.2 Å². The first-order valence-corrected chi connectivity index (χ1v) is 10.00. The first-order chi connectivity index (χ1) is 13.7. The molecule has 0 saturated carbocycles. The van der Waals surface area contributed by atoms with Gasteiger partial charge >= 0.3 is 0 Å². The van der Waals surface area contributed by atoms with Gasteiger partial charge in [0.2, 0.25) is 0 Å². The molecule has 1 aromatic rings. The Morgan fingerprint density at radius 2 is 1.72 bits per heavy atom. The number of allylic oxidation sites excluding steroid dienone is 6. The molecule has 3 heterocycles. The third kappa shape index (κ3) is 4.31. The summed E-state index contributed by atoms with van der Waals surface area (Å²) in [5.41, 5.74) is 0.333. The molecule has 0 aromatic carbocycles. The van der Waals surface area contributed by atoms with Crippen LogP contribution in [0, 0.1) is 28.1 Å². The van der Waals surface area contributed by atoms with Crippen LogP contribution in [0.4, 0.5) is 5.00 Å². The molecule has 1 aromatic heterocycles. The van der Waals surface area contributed by atoms with Crippen molar-refractivity contribution < 1.29 is 14.2 Å². The molecule has 29 heavy (non-hydrogen) atoms. The van der Waals surface area contributed by atoms with Crippen LogP contribution in [-0.4, -0.2) is 27.3 Å². The van der Waals surface area contributed by atoms with Crippen molar-refractivity contribution >= 4 is 22.4 Å². The average Bonchev–Trinajstić information content (AvgIpc) is 3.06. The van der Waals surface area contributed by atoms with Crippen molar-refractivity contribution in [1.82, 2.24) is 0 Å². The number of nitriles is 2. The van der Waals surface area contributed by atoms with Crippen LogP contribution in [0.15, 0.2) is 40.9 Å². The molecule has 0 amide bonds. The van der Waals surface area contributed by atoms with Crippen LogP contribution in [0.3, 0.4) is 0 Å². The maximum atomic E-state index is 9.27. The summed E-state index contributed by atoms with van der Waals surface area (Å²) in [7, 11) is 3.93. The summed E-state index contributed by atoms with van der Waals surface area (Å²) >= 11 is 1.57. The van der Waals surface area contributed by atoms with Gasteiger partial charge in [0.25, 0.3) is 0 Å². The Bertz CT molecular complexity index is 1010. The minimum Gasteiger partial charge on any atom is -0.485 e. The quantitative estimate of drug-likeness (QED) is 0.668. The zero-order chi connectivity index (χ0) is 21.2. The van der Waals surface area contributed by atoms with Gasteiger partial charge in [0.05, 0.1) is 4.88 Å². The first kappa shape index (κ1) is 20.6. The molecule has 150 valence electrons. The van der Waals surface area contributed by atoms with Crippen molar-refractivity contribution in [3.63, 3.8) is 0 Å². The molecular weight excluding hydrogens is 386 g/mol. The minimum absolute atomic E-state index is 0.0566. The summed E-state index contributed by atoms with van der Waals surface area (Å²) in [6.07, 6.45) is 7.21. The van der Waals surface area contributed by atoms with Crippen LogP contribution in [0.25, 0.3) is 6.08 Å². The summed E-state index contributed by atoms with van der Waals surface area (Å²) in [6.45, 7) is 7.10. The summed E-state index contributed by atoms with van der Waals surface area (Å²) in [6, 6.07) is 3.91. The van der Waals surface area contributed by atoms with Crippen molar-refractivity contribution in [3.05, 3.63) is 45.8 Å². The third-order valence-corrected chi connectivity index (χ3v) is 5.56. The van der Waals surface area contributed by atoms with Crippen molar-refractivity contribution in [2.24, 2.45) is 5.41 Å². The van der Waals surface area contributed by atoms with Crippen LogP contribution in [-0.2, 0) is 4.74 Å². The summed E-state index contributed by atoms with van der Waals surface area (Å²) in [5.74, 6) is 2.74. The lowest BCUT2D eigenvalue weighted by molar-refractivity contribution is 0.173. The molecular formula is C22H23N3O3S. The zero-order valence-electron chi connectivity index (χ0n) is 17.2. The smallest absolute Gasteiger partial charge is 0.196 e. The number of rotatable bonds is 3. The number of anilines is 1. The van der Waals surface area contributed by atoms with Crippen LogP contribution < -0.4 is 14.4 Å². The fraction of sp³-hybridized carbons (Fsp3) is 0.364. The fourth-order valence-corrected chi connectivity index (χ4v) is 3.81. The van der Waals surface area contributed by atoms with Crippen molar-refractivity contribution in [1.29, 1.82) is 10.5 Å². The largest absolute Gasteiger partial charge is 0.485 e. The number of hydrogen-bond acceptors (Lipinski definition) is 7. The maximum Gasteiger partial charge on any atom is 0.196 e. The van der Waals surface area contributed by atoms with E-state index in [0.29, 0.717) is 30.3 Å². The topological polar surface area (TPSA) is 78.5 Å². The molecule has 0 atom stereocenters. The predicted molar refractivity (Wildman–Crippen MR) is 114 cm³/mol. The number of hydrogen-bond donors (Lipinski definition) is 0. The number of fused-ring (bicyclic) bond motifs is 1. The molecule has 6 nitrogen and oxygen atoms in total. The van der Waals surface area contributed by atoms with Crippen LogP contribution >= 0.6 is 11.3 Å². The van der Waals surface area contributed by atoms with Gasteiger partial charge < -0.3 is 19.1 Å². The molecule has 0 N–H and O–H groups in total. The lowest BCUT2D eigenvalue weighted by Crippen LogP contribution is -2.17. The van der Waals surface area contributed by atoms with E-state index in [0.717, 1.165) is 21.4 Å². The van der Waals surface area contributed by atoms with E-state index in [1.165, 1.54) is 0 Å². The number of thiophene rings is 1. The monoisotopic (exact) mass is 409 g/mol. The highest BCUT2D eigenvalue weighted by atomic mass is 32.1. The molecule has 0 unspecified atom stereocenters. The SMILES string of the molecule is CN(C)c1sc(C=CC2=CC(=C(C#N)C#N)C=C(C(C)(C)C)O2)c2c1OCCO2. The lowest BCUT2D eigenvalue weighted by Gasteiger charge is -2.26. The van der Waals surface area contributed by atoms with E-state index >= 15 is 0 Å². The molecule has 0 radical (unpaired) electrons. The second kappa shape index (κ2) is 8.06. The zero-order valence-corrected chi connectivity index (χ0v) is 18.0. The molecule has 3 rings (SSSR count). The molecule has 2 aliphatic rings. The summed E-state index contributed by atoms with van der Waals surface area (Å²) < 4.78 is 17.7. The Labute approximate surface area is 175 Å². The van der Waals surface area contributed by atoms with Crippen molar-refractivity contribution in [2.45, 2.75) is 20.8 Å². The van der Waals surface area contributed by atoms with Crippen LogP contribution in [0.1, 0.15) is 25.6 Å². The maximum absolute atomic E-state index is 9.27. The summed E-state index contributed by atoms with van der Waals surface area (Å²) in [5, 5.41) is 19.5. The van der Waals surface area contributed by atoms with Crippen LogP contribution in [0.5, 0.6) is 11.5 Å². The first-order valence-electron chi connectivity index (χ1n) is 9.18. The molecule has 0 spiro atoms. The Kier molecular flexibility index (Phi) is 5.72. The normalized spacial score (nSPS) is 15.8. The Balaban J connectivity index is 2.00. The third-order valence-electron chi connectivity index (χ3n) is 4.28. The highest BCUT2D eigenvalue weighted by Crippen LogP contribution is 2.49. The van der Waals surface area contributed by atoms with Gasteiger partial charge in [0.15, 0.2) is 11.5 Å². The molecule has 0 fully saturated rings. The van der Waals surface area contributed by atoms with Gasteiger partial charge in [-0.2, -0.15) is 10.5 Å². The van der Waals surface area contributed by atoms with Crippen molar-refractivity contribution in [3.8, 4) is 23.6 Å². The fourth-order valence-electron chi connectivity index (χ4n) is 2.79. The van der Waals surface area contributed by atoms with E-state index < -0.39 is 0 Å². The molecule has 7 heteroatoms. The Morgan fingerprint density at radius 1 is 1.07 bits per heavy atom. The van der Waals surface area contributed by atoms with E-state index in [1.807, 2.05) is 64.1 Å². The highest BCUT2D eigenvalue weighted by molar-refractivity contribution is 7.17. The predicted octanol–water partition coefficient (Wildman–Crippen LogP) is 4.79. The second-order valence-electron chi connectivity index (χ2n) is 7.82. The number of ether oxygens (including phenoxy) is 3. The standard InChI is InChI=1S/C22H23N3O3S/c1-22(2,3)18-11-14(15(12-23)13-24)10-16(28-18)6-7-17-19-20(27-9-8-26-19)21(29-17)25(4)5/h6-7,10-11H,8-9H2,1-5H3. The van der Waals surface area contributed by atoms with Gasteiger partial charge in [0.1, 0.15) is 47.4 Å². The van der Waals surface area contributed by atoms with Gasteiger partial charge in [-0.25, -0.2) is 0 Å².